The lowest BCUT2D eigenvalue weighted by Gasteiger charge is -2.41. The number of ketones is 1. The lowest BCUT2D eigenvalue weighted by molar-refractivity contribution is -0.0485. The molecule has 0 saturated heterocycles. The first-order valence-electron chi connectivity index (χ1n) is 9.94. The van der Waals surface area contributed by atoms with Gasteiger partial charge >= 0.3 is 0 Å². The van der Waals surface area contributed by atoms with Crippen molar-refractivity contribution in [1.29, 1.82) is 0 Å². The highest BCUT2D eigenvalue weighted by molar-refractivity contribution is 9.10. The fourth-order valence-electron chi connectivity index (χ4n) is 3.71. The molecular weight excluding hydrogens is 477 g/mol. The first-order valence-corrected chi connectivity index (χ1v) is 13.0. The topological polar surface area (TPSA) is 93.1 Å². The van der Waals surface area contributed by atoms with Gasteiger partial charge in [0.2, 0.25) is 5.43 Å². The molecule has 0 bridgehead atoms. The molecule has 0 amide bonds. The number of nitrogens with zero attached hydrogens (tertiary/aromatic N) is 1. The molecule has 0 N–H and O–H groups in total. The molecule has 1 aliphatic rings. The van der Waals surface area contributed by atoms with Crippen LogP contribution in [0.15, 0.2) is 15.5 Å². The molecule has 0 aliphatic carbocycles. The first kappa shape index (κ1) is 25.3. The number of fused-ring (bicyclic) bond motifs is 1. The highest BCUT2D eigenvalue weighted by atomic mass is 79.9. The summed E-state index contributed by atoms with van der Waals surface area (Å²) < 4.78 is 36.3. The monoisotopic (exact) mass is 507 g/mol. The van der Waals surface area contributed by atoms with Crippen LogP contribution < -0.4 is 10.2 Å². The Morgan fingerprint density at radius 1 is 1.30 bits per heavy atom. The molecule has 8 nitrogen and oxygen atoms in total. The maximum atomic E-state index is 13.5. The predicted octanol–water partition coefficient (Wildman–Crippen LogP) is 3.58. The Morgan fingerprint density at radius 2 is 2.00 bits per heavy atom. The third-order valence-corrected chi connectivity index (χ3v) is 7.96. The second-order valence-electron chi connectivity index (χ2n) is 7.70. The number of Topliss-reactive ketones (excluding diaryl/α,β-unsaturated/α-hetero) is 1. The van der Waals surface area contributed by atoms with Crippen molar-refractivity contribution in [2.45, 2.75) is 39.3 Å². The standard InChI is InChI=1S/C20H31BrNO7P/c1-6-29-30(5,25)11-7-9-28-15-13-22-12-14(21)17(23)18(27-4)16(22)19(24)20(15,2)8-10-26-3/h12,15H,6-11,13H2,1-5H3. The number of aromatic nitrogens is 1. The second-order valence-corrected chi connectivity index (χ2v) is 11.3. The van der Waals surface area contributed by atoms with Crippen LogP contribution in [-0.2, 0) is 25.1 Å². The second kappa shape index (κ2) is 10.6. The Labute approximate surface area is 185 Å². The van der Waals surface area contributed by atoms with Crippen molar-refractivity contribution in [2.24, 2.45) is 5.41 Å². The van der Waals surface area contributed by atoms with E-state index >= 15 is 0 Å². The lowest BCUT2D eigenvalue weighted by Crippen LogP contribution is -2.50. The van der Waals surface area contributed by atoms with Crippen LogP contribution in [0.25, 0.3) is 0 Å². The minimum absolute atomic E-state index is 0.0279. The van der Waals surface area contributed by atoms with Crippen molar-refractivity contribution in [2.75, 3.05) is 46.9 Å². The molecule has 30 heavy (non-hydrogen) atoms. The van der Waals surface area contributed by atoms with Crippen LogP contribution in [0.1, 0.15) is 37.2 Å². The molecule has 3 unspecified atom stereocenters. The van der Waals surface area contributed by atoms with Crippen molar-refractivity contribution >= 4 is 29.1 Å². The highest BCUT2D eigenvalue weighted by Gasteiger charge is 2.48. The molecule has 0 radical (unpaired) electrons. The summed E-state index contributed by atoms with van der Waals surface area (Å²) >= 11 is 3.25. The molecule has 2 heterocycles. The Bertz CT molecular complexity index is 871. The molecule has 0 spiro atoms. The third kappa shape index (κ3) is 5.43. The quantitative estimate of drug-likeness (QED) is 0.333. The van der Waals surface area contributed by atoms with Gasteiger partial charge in [0, 0.05) is 39.3 Å². The lowest BCUT2D eigenvalue weighted by atomic mass is 9.73. The van der Waals surface area contributed by atoms with Crippen LogP contribution >= 0.6 is 23.3 Å². The molecule has 1 aliphatic heterocycles. The van der Waals surface area contributed by atoms with E-state index in [1.165, 1.54) is 7.11 Å². The number of ether oxygens (including phenoxy) is 3. The van der Waals surface area contributed by atoms with Gasteiger partial charge in [-0.1, -0.05) is 0 Å². The van der Waals surface area contributed by atoms with Crippen LogP contribution in [-0.4, -0.2) is 63.3 Å². The number of pyridine rings is 1. The minimum Gasteiger partial charge on any atom is -0.491 e. The van der Waals surface area contributed by atoms with Gasteiger partial charge in [0.15, 0.2) is 18.9 Å². The zero-order valence-corrected chi connectivity index (χ0v) is 20.7. The van der Waals surface area contributed by atoms with Gasteiger partial charge in [-0.3, -0.25) is 14.2 Å². The van der Waals surface area contributed by atoms with Crippen LogP contribution in [0.5, 0.6) is 5.75 Å². The van der Waals surface area contributed by atoms with E-state index in [9.17, 15) is 14.2 Å². The van der Waals surface area contributed by atoms with Crippen LogP contribution in [0.3, 0.4) is 0 Å². The van der Waals surface area contributed by atoms with E-state index in [-0.39, 0.29) is 22.7 Å². The zero-order valence-electron chi connectivity index (χ0n) is 18.2. The predicted molar refractivity (Wildman–Crippen MR) is 118 cm³/mol. The summed E-state index contributed by atoms with van der Waals surface area (Å²) in [5.41, 5.74) is -1.00. The molecule has 170 valence electrons. The van der Waals surface area contributed by atoms with Gasteiger partial charge in [-0.25, -0.2) is 0 Å². The number of methoxy groups -OCH3 is 2. The van der Waals surface area contributed by atoms with E-state index in [4.69, 9.17) is 18.7 Å². The number of rotatable bonds is 11. The third-order valence-electron chi connectivity index (χ3n) is 5.46. The smallest absolute Gasteiger partial charge is 0.238 e. The van der Waals surface area contributed by atoms with E-state index in [1.54, 1.807) is 24.5 Å². The molecule has 1 aromatic heterocycles. The normalized spacial score (nSPS) is 23.1. The van der Waals surface area contributed by atoms with Gasteiger partial charge in [0.1, 0.15) is 5.69 Å². The molecule has 1 aromatic rings. The summed E-state index contributed by atoms with van der Waals surface area (Å²) in [4.78, 5) is 26.0. The summed E-state index contributed by atoms with van der Waals surface area (Å²) in [5, 5.41) is 0. The number of carbonyl (C=O) groups is 1. The SMILES string of the molecule is CCOP(C)(=O)CCCOC1Cn2cc(Br)c(=O)c(OC)c2C(=O)C1(C)CCOC. The molecule has 2 rings (SSSR count). The molecule has 0 aromatic carbocycles. The van der Waals surface area contributed by atoms with Gasteiger partial charge in [-0.2, -0.15) is 0 Å². The molecule has 0 fully saturated rings. The fourth-order valence-corrected chi connectivity index (χ4v) is 5.52. The molecule has 0 saturated carbocycles. The summed E-state index contributed by atoms with van der Waals surface area (Å²) in [7, 11) is 0.331. The van der Waals surface area contributed by atoms with Crippen molar-refractivity contribution in [3.8, 4) is 5.75 Å². The Balaban J connectivity index is 2.29. The zero-order chi connectivity index (χ0) is 22.5. The largest absolute Gasteiger partial charge is 0.491 e. The van der Waals surface area contributed by atoms with Gasteiger partial charge < -0.3 is 23.3 Å². The van der Waals surface area contributed by atoms with E-state index in [0.717, 1.165) is 0 Å². The fraction of sp³-hybridized carbons (Fsp3) is 0.700. The molecule has 3 atom stereocenters. The van der Waals surface area contributed by atoms with Crippen molar-refractivity contribution < 1.29 is 28.1 Å². The van der Waals surface area contributed by atoms with Crippen molar-refractivity contribution in [1.82, 2.24) is 4.57 Å². The van der Waals surface area contributed by atoms with Gasteiger partial charge in [0.05, 0.1) is 36.3 Å². The first-order chi connectivity index (χ1) is 14.1. The van der Waals surface area contributed by atoms with Crippen LogP contribution in [0.2, 0.25) is 0 Å². The van der Waals surface area contributed by atoms with Gasteiger partial charge in [-0.05, 0) is 42.6 Å². The average Bonchev–Trinajstić information content (AvgIpc) is 2.69. The summed E-state index contributed by atoms with van der Waals surface area (Å²) in [6.45, 7) is 6.78. The van der Waals surface area contributed by atoms with E-state index in [1.807, 2.05) is 13.8 Å². The molecular formula is C20H31BrNO7P. The number of hydrogen-bond acceptors (Lipinski definition) is 7. The summed E-state index contributed by atoms with van der Waals surface area (Å²) in [6, 6.07) is 0. The Kier molecular flexibility index (Phi) is 8.89. The van der Waals surface area contributed by atoms with Crippen molar-refractivity contribution in [3.63, 3.8) is 0 Å². The maximum absolute atomic E-state index is 13.5. The molecule has 10 heteroatoms. The van der Waals surface area contributed by atoms with E-state index in [2.05, 4.69) is 15.9 Å². The average molecular weight is 508 g/mol. The summed E-state index contributed by atoms with van der Waals surface area (Å²) in [5.74, 6) is -0.187. The van der Waals surface area contributed by atoms with E-state index in [0.29, 0.717) is 49.8 Å². The Hall–Kier alpha value is -0.990. The minimum atomic E-state index is -2.63. The maximum Gasteiger partial charge on any atom is 0.238 e. The number of halogens is 1. The van der Waals surface area contributed by atoms with Gasteiger partial charge in [0.25, 0.3) is 0 Å². The summed E-state index contributed by atoms with van der Waals surface area (Å²) in [6.07, 6.45) is 2.57. The van der Waals surface area contributed by atoms with Gasteiger partial charge in [-0.15, -0.1) is 0 Å². The van der Waals surface area contributed by atoms with E-state index < -0.39 is 18.9 Å². The number of carbonyl (C=O) groups excluding carboxylic acids is 1. The van der Waals surface area contributed by atoms with Crippen LogP contribution in [0.4, 0.5) is 0 Å². The van der Waals surface area contributed by atoms with Crippen molar-refractivity contribution in [3.05, 3.63) is 26.6 Å². The Morgan fingerprint density at radius 3 is 2.60 bits per heavy atom. The number of hydrogen-bond donors (Lipinski definition) is 0. The van der Waals surface area contributed by atoms with Crippen LogP contribution in [0, 0.1) is 5.41 Å². The highest BCUT2D eigenvalue weighted by Crippen LogP contribution is 2.43.